The molecule has 0 spiro atoms. The molecule has 0 radical (unpaired) electrons. The lowest BCUT2D eigenvalue weighted by Gasteiger charge is -2.35. The van der Waals surface area contributed by atoms with Gasteiger partial charge in [0.15, 0.2) is 0 Å². The Morgan fingerprint density at radius 3 is 2.55 bits per heavy atom. The number of nitrogens with zero attached hydrogens (tertiary/aromatic N) is 1. The van der Waals surface area contributed by atoms with Crippen molar-refractivity contribution >= 4 is 10.9 Å². The number of benzene rings is 1. The van der Waals surface area contributed by atoms with Crippen LogP contribution in [0.5, 0.6) is 0 Å². The van der Waals surface area contributed by atoms with Gasteiger partial charge in [-0.2, -0.15) is 13.2 Å². The fourth-order valence-corrected chi connectivity index (χ4v) is 3.35. The molecule has 0 aliphatic carbocycles. The highest BCUT2D eigenvalue weighted by atomic mass is 19.4. The van der Waals surface area contributed by atoms with Crippen molar-refractivity contribution in [3.63, 3.8) is 0 Å². The fraction of sp³-hybridized carbons (Fsp3) is 0.500. The number of hydrogen-bond donors (Lipinski definition) is 2. The normalized spacial score (nSPS) is 18.7. The molecule has 6 heteroatoms. The highest BCUT2D eigenvalue weighted by Crippen LogP contribution is 2.38. The monoisotopic (exact) mass is 311 g/mol. The van der Waals surface area contributed by atoms with Crippen LogP contribution in [-0.2, 0) is 0 Å². The van der Waals surface area contributed by atoms with E-state index in [1.165, 1.54) is 0 Å². The van der Waals surface area contributed by atoms with Crippen molar-refractivity contribution in [3.05, 3.63) is 35.5 Å². The van der Waals surface area contributed by atoms with Gasteiger partial charge in [0.2, 0.25) is 0 Å². The molecule has 1 saturated heterocycles. The van der Waals surface area contributed by atoms with E-state index < -0.39 is 18.6 Å². The van der Waals surface area contributed by atoms with E-state index in [2.05, 4.69) is 10.3 Å². The van der Waals surface area contributed by atoms with E-state index in [0.29, 0.717) is 13.1 Å². The molecule has 1 aromatic heterocycles. The third-order valence-corrected chi connectivity index (χ3v) is 4.29. The van der Waals surface area contributed by atoms with Crippen molar-refractivity contribution in [2.45, 2.75) is 25.6 Å². The number of aromatic amines is 1. The molecule has 1 atom stereocenters. The van der Waals surface area contributed by atoms with Crippen LogP contribution in [0.25, 0.3) is 10.9 Å². The second-order valence-electron chi connectivity index (χ2n) is 5.83. The predicted octanol–water partition coefficient (Wildman–Crippen LogP) is 3.38. The van der Waals surface area contributed by atoms with Gasteiger partial charge in [0, 0.05) is 48.8 Å². The lowest BCUT2D eigenvalue weighted by atomic mass is 9.97. The van der Waals surface area contributed by atoms with Crippen LogP contribution in [0, 0.1) is 6.92 Å². The van der Waals surface area contributed by atoms with E-state index in [1.54, 1.807) is 0 Å². The van der Waals surface area contributed by atoms with E-state index in [1.807, 2.05) is 36.1 Å². The summed E-state index contributed by atoms with van der Waals surface area (Å²) in [6.07, 6.45) is -4.99. The predicted molar refractivity (Wildman–Crippen MR) is 80.9 cm³/mol. The number of aryl methyl sites for hydroxylation is 1. The number of rotatable bonds is 3. The summed E-state index contributed by atoms with van der Waals surface area (Å²) in [6.45, 7) is 4.60. The zero-order valence-electron chi connectivity index (χ0n) is 12.5. The van der Waals surface area contributed by atoms with Crippen LogP contribution < -0.4 is 5.32 Å². The minimum atomic E-state index is -4.18. The van der Waals surface area contributed by atoms with Crippen LogP contribution >= 0.6 is 0 Å². The Balaban J connectivity index is 2.04. The molecule has 0 bridgehead atoms. The summed E-state index contributed by atoms with van der Waals surface area (Å²) < 4.78 is 39.4. The maximum atomic E-state index is 13.1. The van der Waals surface area contributed by atoms with Gasteiger partial charge in [-0.3, -0.25) is 4.90 Å². The Hall–Kier alpha value is -1.53. The SMILES string of the molecule is Cc1[nH]c2ccccc2c1[C@@H](CC(F)(F)F)N1CCNCC1. The largest absolute Gasteiger partial charge is 0.390 e. The third kappa shape index (κ3) is 3.13. The van der Waals surface area contributed by atoms with E-state index in [9.17, 15) is 13.2 Å². The number of nitrogens with one attached hydrogen (secondary N) is 2. The first-order valence-corrected chi connectivity index (χ1v) is 7.54. The molecule has 120 valence electrons. The first-order valence-electron chi connectivity index (χ1n) is 7.54. The molecule has 22 heavy (non-hydrogen) atoms. The molecule has 0 saturated carbocycles. The Kier molecular flexibility index (Phi) is 4.14. The number of hydrogen-bond acceptors (Lipinski definition) is 2. The zero-order valence-corrected chi connectivity index (χ0v) is 12.5. The molecule has 1 aliphatic heterocycles. The van der Waals surface area contributed by atoms with Gasteiger partial charge in [-0.1, -0.05) is 18.2 Å². The quantitative estimate of drug-likeness (QED) is 0.910. The van der Waals surface area contributed by atoms with Crippen molar-refractivity contribution in [1.82, 2.24) is 15.2 Å². The molecular weight excluding hydrogens is 291 g/mol. The first kappa shape index (κ1) is 15.4. The highest BCUT2D eigenvalue weighted by molar-refractivity contribution is 5.85. The van der Waals surface area contributed by atoms with Crippen LogP contribution in [0.4, 0.5) is 13.2 Å². The number of aromatic nitrogens is 1. The van der Waals surface area contributed by atoms with Gasteiger partial charge in [-0.05, 0) is 18.6 Å². The number of halogens is 3. The van der Waals surface area contributed by atoms with Gasteiger partial charge in [0.05, 0.1) is 6.42 Å². The molecule has 1 aromatic carbocycles. The summed E-state index contributed by atoms with van der Waals surface area (Å²) in [7, 11) is 0. The van der Waals surface area contributed by atoms with Gasteiger partial charge in [0.25, 0.3) is 0 Å². The molecule has 2 heterocycles. The highest BCUT2D eigenvalue weighted by Gasteiger charge is 2.37. The molecular formula is C16H20F3N3. The minimum absolute atomic E-state index is 0.627. The second-order valence-corrected chi connectivity index (χ2v) is 5.83. The number of H-pyrrole nitrogens is 1. The Bertz CT molecular complexity index is 642. The smallest absolute Gasteiger partial charge is 0.358 e. The lowest BCUT2D eigenvalue weighted by molar-refractivity contribution is -0.148. The maximum absolute atomic E-state index is 13.1. The van der Waals surface area contributed by atoms with E-state index in [-0.39, 0.29) is 0 Å². The first-order chi connectivity index (χ1) is 10.5. The van der Waals surface area contributed by atoms with Crippen LogP contribution in [-0.4, -0.2) is 42.2 Å². The Morgan fingerprint density at radius 2 is 1.86 bits per heavy atom. The van der Waals surface area contributed by atoms with E-state index >= 15 is 0 Å². The number of piperazine rings is 1. The standard InChI is InChI=1S/C16H20F3N3/c1-11-15(12-4-2-3-5-13(12)21-11)14(10-16(17,18)19)22-8-6-20-7-9-22/h2-5,14,20-21H,6-10H2,1H3/t14-/m1/s1. The number of fused-ring (bicyclic) bond motifs is 1. The summed E-state index contributed by atoms with van der Waals surface area (Å²) in [5.74, 6) is 0. The average molecular weight is 311 g/mol. The summed E-state index contributed by atoms with van der Waals surface area (Å²) in [4.78, 5) is 5.17. The van der Waals surface area contributed by atoms with Crippen LogP contribution in [0.3, 0.4) is 0 Å². The molecule has 0 unspecified atom stereocenters. The van der Waals surface area contributed by atoms with Crippen LogP contribution in [0.1, 0.15) is 23.7 Å². The summed E-state index contributed by atoms with van der Waals surface area (Å²) in [5.41, 5.74) is 2.51. The topological polar surface area (TPSA) is 31.1 Å². The lowest BCUT2D eigenvalue weighted by Crippen LogP contribution is -2.46. The Labute approximate surface area is 127 Å². The number of alkyl halides is 3. The minimum Gasteiger partial charge on any atom is -0.358 e. The molecule has 2 N–H and O–H groups in total. The Morgan fingerprint density at radius 1 is 1.18 bits per heavy atom. The third-order valence-electron chi connectivity index (χ3n) is 4.29. The molecule has 2 aromatic rings. The molecule has 0 amide bonds. The van der Waals surface area contributed by atoms with Crippen molar-refractivity contribution in [3.8, 4) is 0 Å². The zero-order chi connectivity index (χ0) is 15.7. The van der Waals surface area contributed by atoms with E-state index in [4.69, 9.17) is 0 Å². The molecule has 1 aliphatic rings. The molecule has 3 rings (SSSR count). The maximum Gasteiger partial charge on any atom is 0.390 e. The van der Waals surface area contributed by atoms with E-state index in [0.717, 1.165) is 35.2 Å². The van der Waals surface area contributed by atoms with Gasteiger partial charge >= 0.3 is 6.18 Å². The number of para-hydroxylation sites is 1. The second kappa shape index (κ2) is 5.93. The van der Waals surface area contributed by atoms with Gasteiger partial charge in [0.1, 0.15) is 0 Å². The van der Waals surface area contributed by atoms with Gasteiger partial charge in [-0.15, -0.1) is 0 Å². The van der Waals surface area contributed by atoms with Gasteiger partial charge in [-0.25, -0.2) is 0 Å². The van der Waals surface area contributed by atoms with Crippen LogP contribution in [0.2, 0.25) is 0 Å². The fourth-order valence-electron chi connectivity index (χ4n) is 3.35. The van der Waals surface area contributed by atoms with Crippen molar-refractivity contribution in [2.75, 3.05) is 26.2 Å². The van der Waals surface area contributed by atoms with Crippen molar-refractivity contribution in [1.29, 1.82) is 0 Å². The molecule has 1 fully saturated rings. The van der Waals surface area contributed by atoms with Gasteiger partial charge < -0.3 is 10.3 Å². The van der Waals surface area contributed by atoms with Crippen LogP contribution in [0.15, 0.2) is 24.3 Å². The summed E-state index contributed by atoms with van der Waals surface area (Å²) in [6, 6.07) is 6.96. The molecule has 3 nitrogen and oxygen atoms in total. The summed E-state index contributed by atoms with van der Waals surface area (Å²) in [5, 5.41) is 4.09. The average Bonchev–Trinajstić information content (AvgIpc) is 2.81. The summed E-state index contributed by atoms with van der Waals surface area (Å²) >= 11 is 0. The van der Waals surface area contributed by atoms with Crippen molar-refractivity contribution in [2.24, 2.45) is 0 Å². The van der Waals surface area contributed by atoms with Crippen molar-refractivity contribution < 1.29 is 13.2 Å².